The molecule has 0 N–H and O–H groups in total. The number of alkyl halides is 1. The van der Waals surface area contributed by atoms with Crippen molar-refractivity contribution in [1.82, 2.24) is 4.98 Å². The van der Waals surface area contributed by atoms with Crippen molar-refractivity contribution in [1.29, 1.82) is 0 Å². The SMILES string of the molecule is ClC(Cc1ccncc1)C1C2CC3CC(C2)CC1C3. The third-order valence-corrected chi connectivity index (χ3v) is 6.34. The number of halogens is 1. The fraction of sp³-hybridized carbons (Fsp3) is 0.706. The molecule has 1 unspecified atom stereocenters. The molecule has 2 heteroatoms. The Morgan fingerprint density at radius 2 is 1.58 bits per heavy atom. The number of aromatic nitrogens is 1. The molecule has 4 bridgehead atoms. The Labute approximate surface area is 120 Å². The van der Waals surface area contributed by atoms with Crippen LogP contribution >= 0.6 is 11.6 Å². The molecule has 4 aliphatic rings. The van der Waals surface area contributed by atoms with Crippen LogP contribution in [0.4, 0.5) is 0 Å². The van der Waals surface area contributed by atoms with Gasteiger partial charge in [-0.2, -0.15) is 0 Å². The van der Waals surface area contributed by atoms with Gasteiger partial charge < -0.3 is 0 Å². The number of pyridine rings is 1. The minimum absolute atomic E-state index is 0.331. The van der Waals surface area contributed by atoms with Gasteiger partial charge in [-0.3, -0.25) is 4.98 Å². The first kappa shape index (κ1) is 12.2. The van der Waals surface area contributed by atoms with E-state index in [1.54, 1.807) is 0 Å². The predicted octanol–water partition coefficient (Wildman–Crippen LogP) is 4.30. The van der Waals surface area contributed by atoms with Gasteiger partial charge in [0.15, 0.2) is 0 Å². The summed E-state index contributed by atoms with van der Waals surface area (Å²) in [5.74, 6) is 4.73. The van der Waals surface area contributed by atoms with Gasteiger partial charge >= 0.3 is 0 Å². The molecule has 4 aliphatic carbocycles. The highest BCUT2D eigenvalue weighted by Crippen LogP contribution is 2.58. The minimum atomic E-state index is 0.331. The Hall–Kier alpha value is -0.560. The molecule has 0 amide bonds. The highest BCUT2D eigenvalue weighted by molar-refractivity contribution is 6.21. The van der Waals surface area contributed by atoms with E-state index in [1.807, 2.05) is 12.4 Å². The maximum absolute atomic E-state index is 6.84. The molecule has 5 rings (SSSR count). The summed E-state index contributed by atoms with van der Waals surface area (Å²) in [6, 6.07) is 4.23. The van der Waals surface area contributed by atoms with Gasteiger partial charge in [-0.05, 0) is 85.8 Å². The lowest BCUT2D eigenvalue weighted by Crippen LogP contribution is -2.48. The average Bonchev–Trinajstić information content (AvgIpc) is 2.38. The summed E-state index contributed by atoms with van der Waals surface area (Å²) in [5.41, 5.74) is 1.35. The summed E-state index contributed by atoms with van der Waals surface area (Å²) in [7, 11) is 0. The van der Waals surface area contributed by atoms with Crippen molar-refractivity contribution < 1.29 is 0 Å². The standard InChI is InChI=1S/C17H22ClN/c18-16(10-11-1-3-19-4-2-11)17-14-6-12-5-13(8-14)9-15(17)7-12/h1-4,12-17H,5-10H2. The van der Waals surface area contributed by atoms with Gasteiger partial charge in [0.05, 0.1) is 0 Å². The highest BCUT2D eigenvalue weighted by atomic mass is 35.5. The van der Waals surface area contributed by atoms with Gasteiger partial charge in [-0.25, -0.2) is 0 Å². The molecule has 0 aliphatic heterocycles. The van der Waals surface area contributed by atoms with Crippen LogP contribution in [0.3, 0.4) is 0 Å². The van der Waals surface area contributed by atoms with Crippen LogP contribution in [0.25, 0.3) is 0 Å². The molecule has 102 valence electrons. The van der Waals surface area contributed by atoms with Crippen LogP contribution in [0.2, 0.25) is 0 Å². The topological polar surface area (TPSA) is 12.9 Å². The smallest absolute Gasteiger partial charge is 0.0409 e. The van der Waals surface area contributed by atoms with E-state index >= 15 is 0 Å². The van der Waals surface area contributed by atoms with Crippen molar-refractivity contribution in [2.45, 2.75) is 43.9 Å². The van der Waals surface area contributed by atoms with Gasteiger partial charge in [0.25, 0.3) is 0 Å². The Balaban J connectivity index is 1.50. The molecule has 0 spiro atoms. The number of rotatable bonds is 3. The maximum atomic E-state index is 6.84. The number of hydrogen-bond acceptors (Lipinski definition) is 1. The molecule has 4 saturated carbocycles. The van der Waals surface area contributed by atoms with E-state index in [9.17, 15) is 0 Å². The molecule has 0 aromatic carbocycles. The van der Waals surface area contributed by atoms with E-state index < -0.39 is 0 Å². The first-order valence-electron chi connectivity index (χ1n) is 7.82. The second-order valence-electron chi connectivity index (χ2n) is 7.08. The first-order chi connectivity index (χ1) is 9.29. The normalized spacial score (nSPS) is 41.4. The largest absolute Gasteiger partial charge is 0.265 e. The third-order valence-electron chi connectivity index (χ3n) is 5.90. The summed E-state index contributed by atoms with van der Waals surface area (Å²) in [5, 5.41) is 0.331. The van der Waals surface area contributed by atoms with Crippen molar-refractivity contribution >= 4 is 11.6 Å². The quantitative estimate of drug-likeness (QED) is 0.750. The number of nitrogens with zero attached hydrogens (tertiary/aromatic N) is 1. The zero-order chi connectivity index (χ0) is 12.8. The summed E-state index contributed by atoms with van der Waals surface area (Å²) >= 11 is 6.84. The molecule has 19 heavy (non-hydrogen) atoms. The summed E-state index contributed by atoms with van der Waals surface area (Å²) < 4.78 is 0. The second-order valence-corrected chi connectivity index (χ2v) is 7.64. The van der Waals surface area contributed by atoms with Crippen molar-refractivity contribution in [3.8, 4) is 0 Å². The molecule has 1 aromatic rings. The third kappa shape index (κ3) is 2.20. The summed E-state index contributed by atoms with van der Waals surface area (Å²) in [6.07, 6.45) is 12.2. The fourth-order valence-electron chi connectivity index (χ4n) is 5.44. The van der Waals surface area contributed by atoms with E-state index in [-0.39, 0.29) is 0 Å². The second kappa shape index (κ2) is 4.77. The van der Waals surface area contributed by atoms with Crippen molar-refractivity contribution in [3.63, 3.8) is 0 Å². The Bertz CT molecular complexity index is 416. The van der Waals surface area contributed by atoms with Gasteiger partial charge in [-0.15, -0.1) is 11.6 Å². The molecular weight excluding hydrogens is 254 g/mol. The van der Waals surface area contributed by atoms with E-state index in [0.717, 1.165) is 36.0 Å². The molecule has 0 saturated heterocycles. The van der Waals surface area contributed by atoms with Gasteiger partial charge in [0.1, 0.15) is 0 Å². The van der Waals surface area contributed by atoms with E-state index in [0.29, 0.717) is 5.38 Å². The zero-order valence-corrected chi connectivity index (χ0v) is 12.1. The van der Waals surface area contributed by atoms with E-state index in [2.05, 4.69) is 17.1 Å². The van der Waals surface area contributed by atoms with Crippen molar-refractivity contribution in [2.24, 2.45) is 29.6 Å². The summed E-state index contributed by atoms with van der Waals surface area (Å²) in [6.45, 7) is 0. The van der Waals surface area contributed by atoms with Crippen LogP contribution in [-0.4, -0.2) is 10.4 Å². The monoisotopic (exact) mass is 275 g/mol. The van der Waals surface area contributed by atoms with Gasteiger partial charge in [0.2, 0.25) is 0 Å². The predicted molar refractivity (Wildman–Crippen MR) is 78.1 cm³/mol. The lowest BCUT2D eigenvalue weighted by Gasteiger charge is -2.55. The van der Waals surface area contributed by atoms with Gasteiger partial charge in [-0.1, -0.05) is 0 Å². The average molecular weight is 276 g/mol. The Morgan fingerprint density at radius 3 is 2.16 bits per heavy atom. The van der Waals surface area contributed by atoms with Crippen LogP contribution in [0.15, 0.2) is 24.5 Å². The molecule has 1 nitrogen and oxygen atoms in total. The van der Waals surface area contributed by atoms with Crippen molar-refractivity contribution in [3.05, 3.63) is 30.1 Å². The molecule has 4 fully saturated rings. The maximum Gasteiger partial charge on any atom is 0.0409 e. The van der Waals surface area contributed by atoms with Crippen LogP contribution in [0.1, 0.15) is 37.7 Å². The van der Waals surface area contributed by atoms with E-state index in [1.165, 1.54) is 37.7 Å². The summed E-state index contributed by atoms with van der Waals surface area (Å²) in [4.78, 5) is 4.10. The Morgan fingerprint density at radius 1 is 1.00 bits per heavy atom. The first-order valence-corrected chi connectivity index (χ1v) is 8.26. The lowest BCUT2D eigenvalue weighted by atomic mass is 9.51. The zero-order valence-electron chi connectivity index (χ0n) is 11.3. The molecule has 0 radical (unpaired) electrons. The van der Waals surface area contributed by atoms with Crippen LogP contribution in [-0.2, 0) is 6.42 Å². The minimum Gasteiger partial charge on any atom is -0.265 e. The van der Waals surface area contributed by atoms with Gasteiger partial charge in [0, 0.05) is 17.8 Å². The van der Waals surface area contributed by atoms with E-state index in [4.69, 9.17) is 11.6 Å². The van der Waals surface area contributed by atoms with Crippen LogP contribution in [0, 0.1) is 29.6 Å². The molecule has 1 heterocycles. The molecule has 1 aromatic heterocycles. The lowest BCUT2D eigenvalue weighted by molar-refractivity contribution is -0.0376. The fourth-order valence-corrected chi connectivity index (χ4v) is 6.03. The van der Waals surface area contributed by atoms with Crippen molar-refractivity contribution in [2.75, 3.05) is 0 Å². The molecule has 1 atom stereocenters. The number of hydrogen-bond donors (Lipinski definition) is 0. The molecular formula is C17H22ClN. The Kier molecular flexibility index (Phi) is 3.06. The van der Waals surface area contributed by atoms with Crippen LogP contribution in [0.5, 0.6) is 0 Å². The van der Waals surface area contributed by atoms with Crippen LogP contribution < -0.4 is 0 Å². The highest BCUT2D eigenvalue weighted by Gasteiger charge is 2.50.